The lowest BCUT2D eigenvalue weighted by atomic mass is 9.95. The zero-order chi connectivity index (χ0) is 45.1. The van der Waals surface area contributed by atoms with Gasteiger partial charge in [-0.25, -0.2) is 4.79 Å². The number of hydrogen-bond donors (Lipinski definition) is 2. The molecule has 1 atom stereocenters. The summed E-state index contributed by atoms with van der Waals surface area (Å²) in [7, 11) is 0. The first-order valence-electron chi connectivity index (χ1n) is 21.3. The Morgan fingerprint density at radius 1 is 0.607 bits per heavy atom. The first-order chi connectivity index (χ1) is 28.5. The minimum absolute atomic E-state index is 0.00978. The number of anilines is 2. The zero-order valence-corrected chi connectivity index (χ0v) is 35.9. The third-order valence-corrected chi connectivity index (χ3v) is 11.4. The molecule has 0 spiro atoms. The highest BCUT2D eigenvalue weighted by molar-refractivity contribution is 5.68. The molecule has 346 valence electrons. The lowest BCUT2D eigenvalue weighted by molar-refractivity contribution is -0.308. The Balaban J connectivity index is 0.000000248. The van der Waals surface area contributed by atoms with E-state index in [0.29, 0.717) is 38.4 Å². The van der Waals surface area contributed by atoms with Crippen molar-refractivity contribution < 1.29 is 54.2 Å². The number of benzene rings is 2. The van der Waals surface area contributed by atoms with Crippen LogP contribution in [0, 0.1) is 0 Å². The van der Waals surface area contributed by atoms with Crippen molar-refractivity contribution in [3.05, 3.63) is 58.7 Å². The monoisotopic (exact) mass is 882 g/mol. The summed E-state index contributed by atoms with van der Waals surface area (Å²) in [6.07, 6.45) is -18.8. The molecule has 2 N–H and O–H groups in total. The molecule has 4 aliphatic rings. The molecule has 0 aliphatic carbocycles. The van der Waals surface area contributed by atoms with E-state index in [9.17, 15) is 44.3 Å². The van der Waals surface area contributed by atoms with Crippen molar-refractivity contribution in [3.8, 4) is 0 Å². The predicted molar refractivity (Wildman–Crippen MR) is 219 cm³/mol. The van der Waals surface area contributed by atoms with Gasteiger partial charge in [-0.1, -0.05) is 39.8 Å². The van der Waals surface area contributed by atoms with Crippen LogP contribution < -0.4 is 15.1 Å². The van der Waals surface area contributed by atoms with Crippen LogP contribution in [-0.4, -0.2) is 135 Å². The Kier molecular flexibility index (Phi) is 18.3. The fourth-order valence-electron chi connectivity index (χ4n) is 7.81. The lowest BCUT2D eigenvalue weighted by Crippen LogP contribution is -2.52. The van der Waals surface area contributed by atoms with Gasteiger partial charge in [-0.2, -0.15) is 39.5 Å². The number of nitrogens with zero attached hydrogens (tertiary/aromatic N) is 5. The Labute approximate surface area is 354 Å². The minimum atomic E-state index is -5.72. The van der Waals surface area contributed by atoms with Crippen LogP contribution in [-0.2, 0) is 17.8 Å². The summed E-state index contributed by atoms with van der Waals surface area (Å²) < 4.78 is 112. The van der Waals surface area contributed by atoms with Gasteiger partial charge in [-0.3, -0.25) is 9.80 Å². The maximum atomic E-state index is 12.7. The van der Waals surface area contributed by atoms with E-state index in [-0.39, 0.29) is 13.1 Å². The number of aliphatic hydroxyl groups excluding tert-OH is 1. The van der Waals surface area contributed by atoms with Crippen LogP contribution in [0.4, 0.5) is 55.7 Å². The summed E-state index contributed by atoms with van der Waals surface area (Å²) in [5, 5.41) is 11.2. The fourth-order valence-corrected chi connectivity index (χ4v) is 7.81. The van der Waals surface area contributed by atoms with Gasteiger partial charge in [0, 0.05) is 103 Å². The largest absolute Gasteiger partial charge is 0.434 e. The van der Waals surface area contributed by atoms with Crippen molar-refractivity contribution in [3.63, 3.8) is 0 Å². The molecular weight excluding hydrogens is 819 g/mol. The van der Waals surface area contributed by atoms with Crippen molar-refractivity contribution in [2.24, 2.45) is 0 Å². The minimum Gasteiger partial charge on any atom is -0.426 e. The smallest absolute Gasteiger partial charge is 0.426 e. The molecule has 0 radical (unpaired) electrons. The number of ether oxygens (including phenoxy) is 1. The molecule has 61 heavy (non-hydrogen) atoms. The second-order valence-electron chi connectivity index (χ2n) is 16.8. The van der Waals surface area contributed by atoms with Gasteiger partial charge in [0.2, 0.25) is 0 Å². The quantitative estimate of drug-likeness (QED) is 0.242. The number of halogens is 9. The van der Waals surface area contributed by atoms with E-state index in [1.807, 2.05) is 4.90 Å². The molecule has 9 nitrogen and oxygen atoms in total. The van der Waals surface area contributed by atoms with E-state index >= 15 is 0 Å². The Bertz CT molecular complexity index is 1630. The molecule has 1 unspecified atom stereocenters. The van der Waals surface area contributed by atoms with Crippen LogP contribution in [0.3, 0.4) is 0 Å². The van der Waals surface area contributed by atoms with Gasteiger partial charge in [0.25, 0.3) is 6.10 Å². The number of carbonyl (C=O) groups is 1. The summed E-state index contributed by atoms with van der Waals surface area (Å²) in [5.74, 6) is 0.894. The Hall–Kier alpha value is -3.48. The third-order valence-electron chi connectivity index (χ3n) is 11.4. The van der Waals surface area contributed by atoms with Gasteiger partial charge < -0.3 is 29.9 Å². The number of piperazine rings is 2. The van der Waals surface area contributed by atoms with Crippen LogP contribution in [0.2, 0.25) is 0 Å². The summed E-state index contributed by atoms with van der Waals surface area (Å²) in [6.45, 7) is 21.0. The highest BCUT2D eigenvalue weighted by Gasteiger charge is 2.60. The molecule has 1 amide bonds. The van der Waals surface area contributed by atoms with Crippen molar-refractivity contribution >= 4 is 17.5 Å². The van der Waals surface area contributed by atoms with Gasteiger partial charge in [0.15, 0.2) is 0 Å². The summed E-state index contributed by atoms with van der Waals surface area (Å²) >= 11 is 0. The second kappa shape index (κ2) is 22.2. The Morgan fingerprint density at radius 2 is 0.984 bits per heavy atom. The molecule has 0 bridgehead atoms. The first-order valence-corrected chi connectivity index (χ1v) is 21.3. The van der Waals surface area contributed by atoms with E-state index < -0.39 is 36.8 Å². The number of carbonyl (C=O) groups excluding carboxylic acids is 1. The van der Waals surface area contributed by atoms with Gasteiger partial charge >= 0.3 is 24.6 Å². The molecule has 6 rings (SSSR count). The van der Waals surface area contributed by atoms with Crippen LogP contribution in [0.25, 0.3) is 0 Å². The normalized spacial score (nSPS) is 19.0. The number of hydrogen-bond acceptors (Lipinski definition) is 8. The Morgan fingerprint density at radius 3 is 1.33 bits per heavy atom. The van der Waals surface area contributed by atoms with Crippen LogP contribution in [0.1, 0.15) is 94.4 Å². The predicted octanol–water partition coefficient (Wildman–Crippen LogP) is 8.90. The number of amides is 1. The molecule has 2 aromatic carbocycles. The van der Waals surface area contributed by atoms with E-state index in [2.05, 4.69) is 88.8 Å². The summed E-state index contributed by atoms with van der Waals surface area (Å²) in [6, 6.07) is 13.6. The van der Waals surface area contributed by atoms with Crippen LogP contribution in [0.5, 0.6) is 0 Å². The van der Waals surface area contributed by atoms with Gasteiger partial charge in [-0.05, 0) is 91.0 Å². The van der Waals surface area contributed by atoms with Crippen molar-refractivity contribution in [2.75, 3.05) is 88.3 Å². The SMILES string of the molecule is CC(C)c1cc(N2CCCC2)ccc1CN1CCN(C(=O)OC(C(F)(F)F)C(F)(F)F)CC1.CC(C)c1cc(N2CCCC2)ccc1CN1CCNCC1.CC(O)C(F)(F)F. The van der Waals surface area contributed by atoms with Gasteiger partial charge in [-0.15, -0.1) is 0 Å². The molecule has 0 aromatic heterocycles. The second-order valence-corrected chi connectivity index (χ2v) is 16.8. The lowest BCUT2D eigenvalue weighted by Gasteiger charge is -2.35. The molecular formula is C43H63F9N6O3. The molecule has 18 heteroatoms. The third kappa shape index (κ3) is 15.4. The molecule has 4 heterocycles. The van der Waals surface area contributed by atoms with E-state index in [1.165, 1.54) is 79.9 Å². The number of nitrogens with one attached hydrogen (secondary N) is 1. The molecule has 4 aliphatic heterocycles. The van der Waals surface area contributed by atoms with E-state index in [1.54, 1.807) is 0 Å². The molecule has 4 saturated heterocycles. The molecule has 0 saturated carbocycles. The van der Waals surface area contributed by atoms with Crippen LogP contribution in [0.15, 0.2) is 36.4 Å². The summed E-state index contributed by atoms with van der Waals surface area (Å²) in [5.41, 5.74) is 8.02. The van der Waals surface area contributed by atoms with Crippen molar-refractivity contribution in [1.82, 2.24) is 20.0 Å². The van der Waals surface area contributed by atoms with Crippen molar-refractivity contribution in [1.29, 1.82) is 0 Å². The average molecular weight is 883 g/mol. The zero-order valence-electron chi connectivity index (χ0n) is 35.9. The summed E-state index contributed by atoms with van der Waals surface area (Å²) in [4.78, 5) is 22.4. The van der Waals surface area contributed by atoms with Crippen molar-refractivity contribution in [2.45, 2.75) is 116 Å². The maximum Gasteiger partial charge on any atom is 0.434 e. The van der Waals surface area contributed by atoms with E-state index in [0.717, 1.165) is 43.2 Å². The fraction of sp³-hybridized carbons (Fsp3) is 0.698. The van der Waals surface area contributed by atoms with Gasteiger partial charge in [0.05, 0.1) is 0 Å². The highest BCUT2D eigenvalue weighted by Crippen LogP contribution is 2.36. The first kappa shape index (κ1) is 50.2. The number of rotatable bonds is 9. The number of aliphatic hydroxyl groups is 1. The maximum absolute atomic E-state index is 12.7. The van der Waals surface area contributed by atoms with Gasteiger partial charge in [0.1, 0.15) is 6.10 Å². The molecule has 2 aromatic rings. The van der Waals surface area contributed by atoms with E-state index in [4.69, 9.17) is 5.11 Å². The standard InChI is InChI=1S/C22H29F6N3O2.C18H29N3.C3H5F3O/c1-15(2)18-13-17(30-7-3-4-8-30)6-5-16(18)14-29-9-11-31(12-10-29)20(32)33-19(21(23,24)25)22(26,27)28;1-15(2)18-13-17(21-9-3-4-10-21)6-5-16(18)14-20-11-7-19-8-12-20;1-2(7)3(4,5)6/h5-6,13,15,19H,3-4,7-12,14H2,1-2H3;5-6,13,15,19H,3-4,7-12,14H2,1-2H3;2,7H,1H3. The topological polar surface area (TPSA) is 74.8 Å². The highest BCUT2D eigenvalue weighted by atomic mass is 19.4. The average Bonchev–Trinajstić information content (AvgIpc) is 3.93. The number of alkyl halides is 9. The molecule has 4 fully saturated rings. The van der Waals surface area contributed by atoms with Crippen LogP contribution >= 0.6 is 0 Å².